The Morgan fingerprint density at radius 3 is 2.07 bits per heavy atom. The van der Waals surface area contributed by atoms with E-state index < -0.39 is 0 Å². The first-order valence-corrected chi connectivity index (χ1v) is 4.56. The van der Waals surface area contributed by atoms with Crippen molar-refractivity contribution in [3.05, 3.63) is 59.6 Å². The van der Waals surface area contributed by atoms with Crippen LogP contribution in [0.4, 0.5) is 4.39 Å². The Labute approximate surface area is 86.4 Å². The second-order valence-electron chi connectivity index (χ2n) is 2.90. The van der Waals surface area contributed by atoms with Gasteiger partial charge in [-0.05, 0) is 12.1 Å². The molecule has 1 heterocycles. The molecule has 0 bridgehead atoms. The highest BCUT2D eigenvalue weighted by Crippen LogP contribution is 2.05. The molecule has 0 aliphatic heterocycles. The minimum absolute atomic E-state index is 0.233. The number of hydrogen-bond donors (Lipinski definition) is 0. The molecule has 0 radical (unpaired) electrons. The fourth-order valence-corrected chi connectivity index (χ4v) is 1.31. The van der Waals surface area contributed by atoms with Crippen molar-refractivity contribution in [2.45, 2.75) is 0 Å². The molecule has 0 aliphatic rings. The molecule has 2 rings (SSSR count). The topological polar surface area (TPSA) is 3.88 Å². The summed E-state index contributed by atoms with van der Waals surface area (Å²) in [4.78, 5) is 0. The lowest BCUT2D eigenvalue weighted by atomic mass is 10.3. The van der Waals surface area contributed by atoms with Gasteiger partial charge in [-0.1, -0.05) is 11.6 Å². The largest absolute Gasteiger partial charge is 0.210 e. The zero-order valence-corrected chi connectivity index (χ0v) is 8.08. The maximum atomic E-state index is 12.6. The highest BCUT2D eigenvalue weighted by atomic mass is 35.5. The van der Waals surface area contributed by atoms with Crippen LogP contribution in [0.1, 0.15) is 0 Å². The Morgan fingerprint density at radius 2 is 1.50 bits per heavy atom. The summed E-state index contributed by atoms with van der Waals surface area (Å²) < 4.78 is 14.5. The first-order valence-electron chi connectivity index (χ1n) is 4.18. The van der Waals surface area contributed by atoms with E-state index in [1.54, 1.807) is 24.3 Å². The number of nitrogens with zero attached hydrogens (tertiary/aromatic N) is 1. The van der Waals surface area contributed by atoms with E-state index in [2.05, 4.69) is 0 Å². The molecule has 0 spiro atoms. The molecule has 0 N–H and O–H groups in total. The van der Waals surface area contributed by atoms with E-state index >= 15 is 0 Å². The van der Waals surface area contributed by atoms with Crippen LogP contribution in [0.2, 0.25) is 5.02 Å². The van der Waals surface area contributed by atoms with Gasteiger partial charge in [-0.25, -0.2) is 4.39 Å². The molecule has 70 valence electrons. The molecule has 14 heavy (non-hydrogen) atoms. The molecular weight excluding hydrogens is 201 g/mol. The summed E-state index contributed by atoms with van der Waals surface area (Å²) in [5, 5.41) is 0.684. The van der Waals surface area contributed by atoms with Crippen molar-refractivity contribution in [3.63, 3.8) is 0 Å². The van der Waals surface area contributed by atoms with Crippen LogP contribution in [0.15, 0.2) is 48.8 Å². The quantitative estimate of drug-likeness (QED) is 0.635. The Morgan fingerprint density at radius 1 is 0.929 bits per heavy atom. The molecule has 1 aromatic heterocycles. The van der Waals surface area contributed by atoms with Crippen molar-refractivity contribution >= 4 is 11.6 Å². The molecule has 0 saturated carbocycles. The van der Waals surface area contributed by atoms with E-state index in [1.807, 2.05) is 17.0 Å². The lowest BCUT2D eigenvalue weighted by Gasteiger charge is -1.94. The average molecular weight is 209 g/mol. The molecule has 0 unspecified atom stereocenters. The molecular formula is C11H8ClFN+. The van der Waals surface area contributed by atoms with Crippen molar-refractivity contribution in [1.82, 2.24) is 0 Å². The number of rotatable bonds is 1. The number of halogens is 2. The van der Waals surface area contributed by atoms with Crippen LogP contribution in [0.5, 0.6) is 0 Å². The van der Waals surface area contributed by atoms with E-state index in [0.717, 1.165) is 5.69 Å². The second-order valence-corrected chi connectivity index (χ2v) is 3.34. The van der Waals surface area contributed by atoms with E-state index in [-0.39, 0.29) is 5.82 Å². The lowest BCUT2D eigenvalue weighted by Crippen LogP contribution is -2.28. The van der Waals surface area contributed by atoms with Gasteiger partial charge in [0.2, 0.25) is 5.69 Å². The van der Waals surface area contributed by atoms with Gasteiger partial charge in [-0.3, -0.25) is 0 Å². The molecule has 0 fully saturated rings. The maximum absolute atomic E-state index is 12.6. The van der Waals surface area contributed by atoms with Gasteiger partial charge in [0.25, 0.3) is 0 Å². The van der Waals surface area contributed by atoms with Gasteiger partial charge in [-0.15, -0.1) is 0 Å². The number of aromatic nitrogens is 1. The molecule has 3 heteroatoms. The van der Waals surface area contributed by atoms with E-state index in [0.29, 0.717) is 5.02 Å². The van der Waals surface area contributed by atoms with Gasteiger partial charge in [0.05, 0.1) is 5.02 Å². The highest BCUT2D eigenvalue weighted by molar-refractivity contribution is 6.30. The number of benzene rings is 1. The van der Waals surface area contributed by atoms with Gasteiger partial charge in [0, 0.05) is 24.3 Å². The minimum Gasteiger partial charge on any atom is -0.207 e. The summed E-state index contributed by atoms with van der Waals surface area (Å²) in [6.07, 6.45) is 3.66. The van der Waals surface area contributed by atoms with Gasteiger partial charge >= 0.3 is 0 Å². The summed E-state index contributed by atoms with van der Waals surface area (Å²) in [5.74, 6) is -0.233. The first-order chi connectivity index (χ1) is 6.75. The van der Waals surface area contributed by atoms with Crippen LogP contribution in [-0.4, -0.2) is 0 Å². The summed E-state index contributed by atoms with van der Waals surface area (Å²) in [7, 11) is 0. The molecule has 0 saturated heterocycles. The summed E-state index contributed by atoms with van der Waals surface area (Å²) in [6, 6.07) is 9.84. The fraction of sp³-hybridized carbons (Fsp3) is 0. The lowest BCUT2D eigenvalue weighted by molar-refractivity contribution is -0.595. The molecule has 2 aromatic rings. The average Bonchev–Trinajstić information content (AvgIpc) is 2.21. The summed E-state index contributed by atoms with van der Waals surface area (Å²) in [5.41, 5.74) is 0.906. The first kappa shape index (κ1) is 9.16. The highest BCUT2D eigenvalue weighted by Gasteiger charge is 2.04. The third-order valence-corrected chi connectivity index (χ3v) is 2.17. The van der Waals surface area contributed by atoms with E-state index in [1.165, 1.54) is 12.1 Å². The normalized spacial score (nSPS) is 10.1. The second kappa shape index (κ2) is 3.76. The molecule has 1 aromatic carbocycles. The standard InChI is InChI=1S/C11H8ClFN/c12-9-5-7-14(8-6-9)11-3-1-10(13)2-4-11/h1-8H/q+1. The molecule has 1 nitrogen and oxygen atoms in total. The Kier molecular flexibility index (Phi) is 2.46. The Hall–Kier alpha value is -1.41. The van der Waals surface area contributed by atoms with E-state index in [9.17, 15) is 4.39 Å². The number of pyridine rings is 1. The van der Waals surface area contributed by atoms with Crippen molar-refractivity contribution in [2.24, 2.45) is 0 Å². The zero-order chi connectivity index (χ0) is 9.97. The van der Waals surface area contributed by atoms with Crippen LogP contribution in [0, 0.1) is 5.82 Å². The van der Waals surface area contributed by atoms with Crippen LogP contribution in [0.25, 0.3) is 5.69 Å². The zero-order valence-electron chi connectivity index (χ0n) is 7.32. The summed E-state index contributed by atoms with van der Waals surface area (Å²) >= 11 is 5.75. The van der Waals surface area contributed by atoms with Crippen molar-refractivity contribution < 1.29 is 8.96 Å². The fourth-order valence-electron chi connectivity index (χ4n) is 1.19. The number of hydrogen-bond acceptors (Lipinski definition) is 0. The van der Waals surface area contributed by atoms with Crippen LogP contribution in [-0.2, 0) is 0 Å². The SMILES string of the molecule is Fc1ccc(-[n+]2ccc(Cl)cc2)cc1. The Balaban J connectivity index is 2.40. The van der Waals surface area contributed by atoms with Gasteiger partial charge in [0.15, 0.2) is 12.4 Å². The Bertz CT molecular complexity index is 379. The predicted molar refractivity (Wildman–Crippen MR) is 52.9 cm³/mol. The van der Waals surface area contributed by atoms with Crippen molar-refractivity contribution in [3.8, 4) is 5.69 Å². The minimum atomic E-state index is -0.233. The predicted octanol–water partition coefficient (Wildman–Crippen LogP) is 2.76. The molecule has 0 aliphatic carbocycles. The van der Waals surface area contributed by atoms with Gasteiger partial charge in [0.1, 0.15) is 5.82 Å². The van der Waals surface area contributed by atoms with Gasteiger partial charge in [-0.2, -0.15) is 4.57 Å². The van der Waals surface area contributed by atoms with Crippen LogP contribution < -0.4 is 4.57 Å². The van der Waals surface area contributed by atoms with Gasteiger partial charge < -0.3 is 0 Å². The van der Waals surface area contributed by atoms with Crippen molar-refractivity contribution in [2.75, 3.05) is 0 Å². The van der Waals surface area contributed by atoms with Crippen LogP contribution in [0.3, 0.4) is 0 Å². The van der Waals surface area contributed by atoms with E-state index in [4.69, 9.17) is 11.6 Å². The smallest absolute Gasteiger partial charge is 0.207 e. The molecule has 0 amide bonds. The third kappa shape index (κ3) is 1.91. The summed E-state index contributed by atoms with van der Waals surface area (Å²) in [6.45, 7) is 0. The monoisotopic (exact) mass is 208 g/mol. The van der Waals surface area contributed by atoms with Crippen molar-refractivity contribution in [1.29, 1.82) is 0 Å². The van der Waals surface area contributed by atoms with Crippen LogP contribution >= 0.6 is 11.6 Å². The maximum Gasteiger partial charge on any atom is 0.210 e. The molecule has 0 atom stereocenters. The third-order valence-electron chi connectivity index (χ3n) is 1.91.